The maximum Gasteiger partial charge on any atom is 0.233 e. The summed E-state index contributed by atoms with van der Waals surface area (Å²) in [7, 11) is 0. The number of nitrogens with zero attached hydrogens (tertiary/aromatic N) is 14. The Morgan fingerprint density at radius 2 is 0.707 bits per heavy atom. The fourth-order valence-corrected chi connectivity index (χ4v) is 7.66. The first-order chi connectivity index (χ1) is 35.4. The number of pyridine rings is 2. The van der Waals surface area contributed by atoms with Gasteiger partial charge in [-0.3, -0.25) is 9.38 Å². The fourth-order valence-electron chi connectivity index (χ4n) is 7.66. The molecule has 0 saturated carbocycles. The Morgan fingerprint density at radius 1 is 0.280 bits per heavy atom. The lowest BCUT2D eigenvalue weighted by Gasteiger charge is -2.04. The van der Waals surface area contributed by atoms with E-state index < -0.39 is 0 Å². The third-order valence-electron chi connectivity index (χ3n) is 13.0. The summed E-state index contributed by atoms with van der Waals surface area (Å²) in [5.41, 5.74) is 14.4. The van der Waals surface area contributed by atoms with Gasteiger partial charge < -0.3 is 8.80 Å². The second-order valence-corrected chi connectivity index (χ2v) is 22.9. The molecular weight excluding hydrogens is 929 g/mol. The van der Waals surface area contributed by atoms with Gasteiger partial charge >= 0.3 is 0 Å². The SMILES string of the molecule is CC(C)c1ccc2nc(C(C)C)cn2c1.CC(C)c1ccc2nc(C(C)C)nn2c1.CC(C)c1cn2cc(C(C)C)nc2cn1.CC(C)c1cn2nc(C(C)C)ccc2n1.CC(C)c1cnc2nc(C(C)C)cn2c1. The zero-order valence-corrected chi connectivity index (χ0v) is 48.8. The molecule has 75 heavy (non-hydrogen) atoms. The van der Waals surface area contributed by atoms with Gasteiger partial charge in [-0.25, -0.2) is 38.9 Å². The summed E-state index contributed by atoms with van der Waals surface area (Å²) < 4.78 is 9.97. The lowest BCUT2D eigenvalue weighted by atomic mass is 10.1. The summed E-state index contributed by atoms with van der Waals surface area (Å²) in [4.78, 5) is 31.3. The van der Waals surface area contributed by atoms with Crippen LogP contribution in [0.4, 0.5) is 0 Å². The Kier molecular flexibility index (Phi) is 19.3. The molecule has 0 spiro atoms. The summed E-state index contributed by atoms with van der Waals surface area (Å²) >= 11 is 0. The Hall–Kier alpha value is -6.83. The molecule has 0 saturated heterocycles. The van der Waals surface area contributed by atoms with Gasteiger partial charge in [-0.1, -0.05) is 151 Å². The van der Waals surface area contributed by atoms with Crippen LogP contribution in [0.5, 0.6) is 0 Å². The van der Waals surface area contributed by atoms with Gasteiger partial charge in [0.2, 0.25) is 5.78 Å². The molecule has 0 aliphatic rings. The zero-order chi connectivity index (χ0) is 55.0. The van der Waals surface area contributed by atoms with Crippen LogP contribution in [0.15, 0.2) is 98.4 Å². The average molecular weight is 1020 g/mol. The van der Waals surface area contributed by atoms with Crippen molar-refractivity contribution in [1.82, 2.24) is 67.3 Å². The first-order valence-electron chi connectivity index (χ1n) is 27.3. The van der Waals surface area contributed by atoms with Gasteiger partial charge in [0.05, 0.1) is 46.6 Å². The number of imidazole rings is 4. The van der Waals surface area contributed by atoms with Gasteiger partial charge in [0, 0.05) is 55.5 Å². The molecule has 14 heteroatoms. The summed E-state index contributed by atoms with van der Waals surface area (Å²) in [5.74, 6) is 6.47. The molecule has 0 radical (unpaired) electrons. The molecule has 10 rings (SSSR count). The summed E-state index contributed by atoms with van der Waals surface area (Å²) in [6, 6.07) is 12.5. The van der Waals surface area contributed by atoms with Crippen molar-refractivity contribution >= 4 is 28.4 Å². The topological polar surface area (TPSA) is 138 Å². The molecule has 400 valence electrons. The third-order valence-corrected chi connectivity index (χ3v) is 13.0. The highest BCUT2D eigenvalue weighted by molar-refractivity contribution is 5.43. The van der Waals surface area contributed by atoms with Crippen LogP contribution in [0, 0.1) is 0 Å². The van der Waals surface area contributed by atoms with Crippen LogP contribution in [-0.2, 0) is 0 Å². The number of rotatable bonds is 10. The Balaban J connectivity index is 0.000000152. The summed E-state index contributed by atoms with van der Waals surface area (Å²) in [6.07, 6.45) is 20.5. The van der Waals surface area contributed by atoms with E-state index >= 15 is 0 Å². The van der Waals surface area contributed by atoms with Crippen LogP contribution >= 0.6 is 0 Å². The molecule has 0 atom stereocenters. The van der Waals surface area contributed by atoms with Crippen molar-refractivity contribution in [2.45, 2.75) is 198 Å². The minimum Gasteiger partial charge on any atom is -0.307 e. The highest BCUT2D eigenvalue weighted by Gasteiger charge is 2.13. The Bertz CT molecular complexity index is 2830. The third kappa shape index (κ3) is 14.9. The highest BCUT2D eigenvalue weighted by atomic mass is 15.3. The molecule has 0 aromatic carbocycles. The molecule has 0 amide bonds. The van der Waals surface area contributed by atoms with Crippen LogP contribution in [0.25, 0.3) is 28.4 Å². The standard InChI is InChI=1S/C13H18N2.4C12H17N3/c1-9(2)11-5-6-13-14-12(10(3)4)8-15(13)7-11;1-8(2)10-6-15-7-11(9(3)4)14-12(15)5-13-10;1-8(2)10-5-13-12-14-11(9(3)4)7-15(12)6-10;1-8(2)10-5-6-12-13-11(9(3)4)7-15(12)14-10;1-8(2)10-5-6-11-13-12(9(3)4)14-15(11)7-10/h5-10H,1-4H3;4*5-9H,1-4H3. The van der Waals surface area contributed by atoms with E-state index in [0.29, 0.717) is 59.2 Å². The molecule has 0 fully saturated rings. The zero-order valence-electron chi connectivity index (χ0n) is 48.8. The Morgan fingerprint density at radius 3 is 1.27 bits per heavy atom. The summed E-state index contributed by atoms with van der Waals surface area (Å²) in [5, 5.41) is 8.99. The second-order valence-electron chi connectivity index (χ2n) is 22.9. The van der Waals surface area contributed by atoms with E-state index in [1.54, 1.807) is 0 Å². The number of aromatic nitrogens is 14. The maximum atomic E-state index is 4.58. The van der Waals surface area contributed by atoms with E-state index in [-0.39, 0.29) is 0 Å². The van der Waals surface area contributed by atoms with E-state index in [2.05, 4.69) is 260 Å². The van der Waals surface area contributed by atoms with Gasteiger partial charge in [-0.2, -0.15) is 10.2 Å². The first kappa shape index (κ1) is 57.4. The fraction of sp³-hybridized carbons (Fsp3) is 0.492. The molecule has 0 bridgehead atoms. The second kappa shape index (κ2) is 25.1. The van der Waals surface area contributed by atoms with Crippen molar-refractivity contribution < 1.29 is 0 Å². The molecule has 14 nitrogen and oxygen atoms in total. The number of fused-ring (bicyclic) bond motifs is 5. The number of hydrogen-bond acceptors (Lipinski definition) is 9. The van der Waals surface area contributed by atoms with Gasteiger partial charge in [0.15, 0.2) is 22.8 Å². The van der Waals surface area contributed by atoms with Crippen molar-refractivity contribution in [1.29, 1.82) is 0 Å². The van der Waals surface area contributed by atoms with E-state index in [0.717, 1.165) is 68.4 Å². The minimum absolute atomic E-state index is 0.382. The quantitative estimate of drug-likeness (QED) is 0.131. The van der Waals surface area contributed by atoms with Crippen molar-refractivity contribution in [3.05, 3.63) is 155 Å². The van der Waals surface area contributed by atoms with Gasteiger partial charge in [0.1, 0.15) is 5.65 Å². The smallest absolute Gasteiger partial charge is 0.233 e. The highest BCUT2D eigenvalue weighted by Crippen LogP contribution is 2.22. The molecule has 0 aliphatic heterocycles. The summed E-state index contributed by atoms with van der Waals surface area (Å²) in [6.45, 7) is 43.2. The van der Waals surface area contributed by atoms with Crippen LogP contribution in [-0.4, -0.2) is 67.3 Å². The van der Waals surface area contributed by atoms with E-state index in [4.69, 9.17) is 0 Å². The predicted octanol–water partition coefficient (Wildman–Crippen LogP) is 15.5. The van der Waals surface area contributed by atoms with Crippen LogP contribution in [0.3, 0.4) is 0 Å². The van der Waals surface area contributed by atoms with Gasteiger partial charge in [-0.15, -0.1) is 0 Å². The van der Waals surface area contributed by atoms with Crippen molar-refractivity contribution in [3.8, 4) is 0 Å². The maximum absolute atomic E-state index is 4.58. The minimum atomic E-state index is 0.382. The van der Waals surface area contributed by atoms with Gasteiger partial charge in [0.25, 0.3) is 0 Å². The normalized spacial score (nSPS) is 11.9. The van der Waals surface area contributed by atoms with Crippen molar-refractivity contribution in [3.63, 3.8) is 0 Å². The van der Waals surface area contributed by atoms with E-state index in [9.17, 15) is 0 Å². The van der Waals surface area contributed by atoms with Gasteiger partial charge in [-0.05, 0) is 94.2 Å². The Labute approximate surface area is 446 Å². The largest absolute Gasteiger partial charge is 0.307 e. The lowest BCUT2D eigenvalue weighted by Crippen LogP contribution is -1.98. The molecule has 0 unspecified atom stereocenters. The molecular formula is C61H86N14. The molecule has 10 heterocycles. The van der Waals surface area contributed by atoms with E-state index in [1.165, 1.54) is 16.7 Å². The lowest BCUT2D eigenvalue weighted by molar-refractivity contribution is 0.759. The first-order valence-corrected chi connectivity index (χ1v) is 27.3. The molecule has 10 aromatic rings. The van der Waals surface area contributed by atoms with E-state index in [1.807, 2.05) is 44.2 Å². The number of hydrogen-bond donors (Lipinski definition) is 0. The monoisotopic (exact) mass is 1010 g/mol. The average Bonchev–Trinajstić information content (AvgIpc) is 4.22. The molecule has 0 aliphatic carbocycles. The van der Waals surface area contributed by atoms with Crippen molar-refractivity contribution in [2.75, 3.05) is 0 Å². The van der Waals surface area contributed by atoms with Crippen molar-refractivity contribution in [2.24, 2.45) is 0 Å². The molecule has 0 N–H and O–H groups in total. The predicted molar refractivity (Wildman–Crippen MR) is 308 cm³/mol. The van der Waals surface area contributed by atoms with Crippen LogP contribution in [0.2, 0.25) is 0 Å². The van der Waals surface area contributed by atoms with Crippen LogP contribution in [0.1, 0.15) is 254 Å². The molecule has 10 aromatic heterocycles. The van der Waals surface area contributed by atoms with Crippen LogP contribution < -0.4 is 0 Å².